The van der Waals surface area contributed by atoms with Crippen LogP contribution in [0.5, 0.6) is 5.75 Å². The Morgan fingerprint density at radius 1 is 1.19 bits per heavy atom. The van der Waals surface area contributed by atoms with Gasteiger partial charge in [-0.25, -0.2) is 4.39 Å². The maximum atomic E-state index is 13.8. The first-order valence-corrected chi connectivity index (χ1v) is 9.37. The Balaban J connectivity index is 1.79. The lowest BCUT2D eigenvalue weighted by molar-refractivity contribution is -0.128. The number of hydrogen-bond acceptors (Lipinski definition) is 5. The van der Waals surface area contributed by atoms with E-state index in [1.165, 1.54) is 20.1 Å². The maximum Gasteiger partial charge on any atom is 0.234 e. The number of nitrogens with one attached hydrogen (secondary N) is 1. The standard InChI is InChI=1S/C20H30FN3O3/c1-14(2)20(15(3)25)22-19(26)13-24-9-7-23(8-10-24)12-16-5-6-18(27-4)17(21)11-16/h5-6,11,14,20H,7-10,12-13H2,1-4H3,(H,22,26). The Bertz CT molecular complexity index is 658. The molecule has 7 heteroatoms. The predicted molar refractivity (Wildman–Crippen MR) is 102 cm³/mol. The molecule has 0 spiro atoms. The molecular formula is C20H30FN3O3. The van der Waals surface area contributed by atoms with Crippen molar-refractivity contribution >= 4 is 11.7 Å². The van der Waals surface area contributed by atoms with Crippen LogP contribution in [0.25, 0.3) is 0 Å². The van der Waals surface area contributed by atoms with Gasteiger partial charge in [0.05, 0.1) is 19.7 Å². The fourth-order valence-electron chi connectivity index (χ4n) is 3.33. The molecule has 1 atom stereocenters. The minimum atomic E-state index is -0.427. The summed E-state index contributed by atoms with van der Waals surface area (Å²) in [6, 6.07) is 4.59. The average Bonchev–Trinajstić information content (AvgIpc) is 2.61. The summed E-state index contributed by atoms with van der Waals surface area (Å²) in [5.74, 6) is -0.159. The largest absolute Gasteiger partial charge is 0.494 e. The number of benzene rings is 1. The third-order valence-electron chi connectivity index (χ3n) is 4.88. The third-order valence-corrected chi connectivity index (χ3v) is 4.88. The molecule has 1 aromatic rings. The van der Waals surface area contributed by atoms with Crippen LogP contribution in [0.2, 0.25) is 0 Å². The number of ketones is 1. The summed E-state index contributed by atoms with van der Waals surface area (Å²) < 4.78 is 18.8. The van der Waals surface area contributed by atoms with Gasteiger partial charge in [-0.1, -0.05) is 19.9 Å². The number of ether oxygens (including phenoxy) is 1. The Hall–Kier alpha value is -1.99. The summed E-state index contributed by atoms with van der Waals surface area (Å²) in [4.78, 5) is 28.2. The molecule has 150 valence electrons. The number of halogens is 1. The monoisotopic (exact) mass is 379 g/mol. The minimum absolute atomic E-state index is 0.0186. The number of Topliss-reactive ketones (excluding diaryl/α,β-unsaturated/α-hetero) is 1. The highest BCUT2D eigenvalue weighted by Crippen LogP contribution is 2.19. The minimum Gasteiger partial charge on any atom is -0.494 e. The number of amides is 1. The Morgan fingerprint density at radius 3 is 2.33 bits per heavy atom. The van der Waals surface area contributed by atoms with Gasteiger partial charge in [-0.2, -0.15) is 0 Å². The van der Waals surface area contributed by atoms with Gasteiger partial charge in [0.25, 0.3) is 0 Å². The van der Waals surface area contributed by atoms with Gasteiger partial charge in [0, 0.05) is 32.7 Å². The van der Waals surface area contributed by atoms with Crippen molar-refractivity contribution in [2.45, 2.75) is 33.4 Å². The molecule has 27 heavy (non-hydrogen) atoms. The number of carbonyl (C=O) groups is 2. The molecule has 0 aliphatic carbocycles. The molecule has 1 unspecified atom stereocenters. The smallest absolute Gasteiger partial charge is 0.234 e. The van der Waals surface area contributed by atoms with Gasteiger partial charge in [0.15, 0.2) is 17.3 Å². The second kappa shape index (κ2) is 9.80. The van der Waals surface area contributed by atoms with Crippen molar-refractivity contribution in [2.24, 2.45) is 5.92 Å². The quantitative estimate of drug-likeness (QED) is 0.745. The lowest BCUT2D eigenvalue weighted by Gasteiger charge is -2.34. The van der Waals surface area contributed by atoms with Crippen LogP contribution in [0.1, 0.15) is 26.3 Å². The molecule has 0 bridgehead atoms. The molecule has 1 saturated heterocycles. The first kappa shape index (κ1) is 21.3. The van der Waals surface area contributed by atoms with Gasteiger partial charge in [-0.05, 0) is 30.5 Å². The molecular weight excluding hydrogens is 349 g/mol. The lowest BCUT2D eigenvalue weighted by Crippen LogP contribution is -2.51. The van der Waals surface area contributed by atoms with E-state index in [2.05, 4.69) is 15.1 Å². The van der Waals surface area contributed by atoms with Crippen LogP contribution in [0, 0.1) is 11.7 Å². The van der Waals surface area contributed by atoms with E-state index in [9.17, 15) is 14.0 Å². The number of carbonyl (C=O) groups excluding carboxylic acids is 2. The lowest BCUT2D eigenvalue weighted by atomic mass is 10.0. The number of nitrogens with zero attached hydrogens (tertiary/aromatic N) is 2. The summed E-state index contributed by atoms with van der Waals surface area (Å²) in [6.07, 6.45) is 0. The normalized spacial score (nSPS) is 17.0. The van der Waals surface area contributed by atoms with Crippen molar-refractivity contribution < 1.29 is 18.7 Å². The zero-order valence-electron chi connectivity index (χ0n) is 16.6. The van der Waals surface area contributed by atoms with Crippen molar-refractivity contribution in [3.63, 3.8) is 0 Å². The second-order valence-corrected chi connectivity index (χ2v) is 7.42. The zero-order valence-corrected chi connectivity index (χ0v) is 16.6. The number of methoxy groups -OCH3 is 1. The predicted octanol–water partition coefficient (Wildman–Crippen LogP) is 1.68. The van der Waals surface area contributed by atoms with Crippen LogP contribution in [-0.4, -0.2) is 67.4 Å². The van der Waals surface area contributed by atoms with Gasteiger partial charge >= 0.3 is 0 Å². The summed E-state index contributed by atoms with van der Waals surface area (Å²) >= 11 is 0. The van der Waals surface area contributed by atoms with Crippen LogP contribution in [0.15, 0.2) is 18.2 Å². The molecule has 1 fully saturated rings. The van der Waals surface area contributed by atoms with Crippen molar-refractivity contribution in [3.8, 4) is 5.75 Å². The highest BCUT2D eigenvalue weighted by Gasteiger charge is 2.23. The van der Waals surface area contributed by atoms with Crippen LogP contribution in [0.3, 0.4) is 0 Å². The molecule has 6 nitrogen and oxygen atoms in total. The van der Waals surface area contributed by atoms with E-state index in [1.807, 2.05) is 19.9 Å². The van der Waals surface area contributed by atoms with Crippen molar-refractivity contribution in [3.05, 3.63) is 29.6 Å². The van der Waals surface area contributed by atoms with Gasteiger partial charge in [-0.15, -0.1) is 0 Å². The van der Waals surface area contributed by atoms with E-state index < -0.39 is 6.04 Å². The molecule has 1 heterocycles. The average molecular weight is 379 g/mol. The van der Waals surface area contributed by atoms with Gasteiger partial charge in [-0.3, -0.25) is 19.4 Å². The highest BCUT2D eigenvalue weighted by molar-refractivity contribution is 5.88. The van der Waals surface area contributed by atoms with Gasteiger partial charge in [0.2, 0.25) is 5.91 Å². The molecule has 1 aliphatic heterocycles. The van der Waals surface area contributed by atoms with Crippen LogP contribution in [-0.2, 0) is 16.1 Å². The molecule has 0 aromatic heterocycles. The fourth-order valence-corrected chi connectivity index (χ4v) is 3.33. The van der Waals surface area contributed by atoms with Crippen LogP contribution < -0.4 is 10.1 Å². The summed E-state index contributed by atoms with van der Waals surface area (Å²) in [6.45, 7) is 9.45. The third kappa shape index (κ3) is 6.29. The van der Waals surface area contributed by atoms with E-state index in [0.29, 0.717) is 13.1 Å². The van der Waals surface area contributed by atoms with Crippen molar-refractivity contribution in [2.75, 3.05) is 39.8 Å². The van der Waals surface area contributed by atoms with E-state index in [4.69, 9.17) is 4.74 Å². The van der Waals surface area contributed by atoms with Crippen LogP contribution >= 0.6 is 0 Å². The first-order valence-electron chi connectivity index (χ1n) is 9.37. The topological polar surface area (TPSA) is 61.9 Å². The highest BCUT2D eigenvalue weighted by atomic mass is 19.1. The van der Waals surface area contributed by atoms with Gasteiger partial charge < -0.3 is 10.1 Å². The Labute approximate surface area is 160 Å². The molecule has 1 amide bonds. The summed E-state index contributed by atoms with van der Waals surface area (Å²) in [5.41, 5.74) is 0.903. The number of hydrogen-bond donors (Lipinski definition) is 1. The molecule has 2 rings (SSSR count). The molecule has 1 N–H and O–H groups in total. The molecule has 0 radical (unpaired) electrons. The summed E-state index contributed by atoms with van der Waals surface area (Å²) in [5, 5.41) is 2.83. The fraction of sp³-hybridized carbons (Fsp3) is 0.600. The van der Waals surface area contributed by atoms with Gasteiger partial charge in [0.1, 0.15) is 0 Å². The molecule has 1 aromatic carbocycles. The summed E-state index contributed by atoms with van der Waals surface area (Å²) in [7, 11) is 1.45. The molecule has 0 saturated carbocycles. The maximum absolute atomic E-state index is 13.8. The van der Waals surface area contributed by atoms with E-state index in [1.54, 1.807) is 6.07 Å². The van der Waals surface area contributed by atoms with E-state index in [-0.39, 0.29) is 29.2 Å². The van der Waals surface area contributed by atoms with E-state index in [0.717, 1.165) is 31.7 Å². The Kier molecular flexibility index (Phi) is 7.74. The first-order chi connectivity index (χ1) is 12.8. The van der Waals surface area contributed by atoms with Crippen molar-refractivity contribution in [1.82, 2.24) is 15.1 Å². The molecule has 1 aliphatic rings. The van der Waals surface area contributed by atoms with Crippen molar-refractivity contribution in [1.29, 1.82) is 0 Å². The van der Waals surface area contributed by atoms with Crippen LogP contribution in [0.4, 0.5) is 4.39 Å². The SMILES string of the molecule is COc1ccc(CN2CCN(CC(=O)NC(C(C)=O)C(C)C)CC2)cc1F. The zero-order chi connectivity index (χ0) is 20.0. The Morgan fingerprint density at radius 2 is 1.81 bits per heavy atom. The second-order valence-electron chi connectivity index (χ2n) is 7.42. The van der Waals surface area contributed by atoms with E-state index >= 15 is 0 Å². The number of rotatable bonds is 8. The number of piperazine rings is 1.